The quantitative estimate of drug-likeness (QED) is 0.630. The maximum absolute atomic E-state index is 12.6. The standard InChI is InChI=1S/C21H23Cl2NO3S/c1-21(2)10-18(14-9-13(26-3)7-8-19(14)27-21)24-20(25)12-28-11-15-16(22)5-4-6-17(15)23/h4-9,18H,10-12H2,1-3H3,(H,24,25). The predicted octanol–water partition coefficient (Wildman–Crippen LogP) is 5.65. The van der Waals surface area contributed by atoms with Crippen LogP contribution in [-0.4, -0.2) is 24.4 Å². The number of halogens is 2. The lowest BCUT2D eigenvalue weighted by molar-refractivity contribution is -0.119. The zero-order chi connectivity index (χ0) is 20.3. The minimum Gasteiger partial charge on any atom is -0.497 e. The molecule has 1 unspecified atom stereocenters. The van der Waals surface area contributed by atoms with Crippen LogP contribution in [0.5, 0.6) is 11.5 Å². The molecule has 1 atom stereocenters. The maximum atomic E-state index is 12.6. The van der Waals surface area contributed by atoms with E-state index in [0.29, 0.717) is 28.0 Å². The van der Waals surface area contributed by atoms with E-state index in [1.54, 1.807) is 19.2 Å². The summed E-state index contributed by atoms with van der Waals surface area (Å²) in [4.78, 5) is 12.6. The van der Waals surface area contributed by atoms with E-state index in [2.05, 4.69) is 5.32 Å². The van der Waals surface area contributed by atoms with E-state index in [0.717, 1.165) is 22.6 Å². The number of ether oxygens (including phenoxy) is 2. The first-order valence-electron chi connectivity index (χ1n) is 8.96. The molecule has 2 aromatic carbocycles. The molecular weight excluding hydrogens is 417 g/mol. The summed E-state index contributed by atoms with van der Waals surface area (Å²) in [5, 5.41) is 4.37. The Kier molecular flexibility index (Phi) is 6.69. The Morgan fingerprint density at radius 1 is 1.29 bits per heavy atom. The molecule has 28 heavy (non-hydrogen) atoms. The van der Waals surface area contributed by atoms with Gasteiger partial charge in [-0.15, -0.1) is 11.8 Å². The van der Waals surface area contributed by atoms with Gasteiger partial charge in [0.15, 0.2) is 0 Å². The second kappa shape index (κ2) is 8.85. The van der Waals surface area contributed by atoms with E-state index in [1.807, 2.05) is 38.1 Å². The molecule has 0 aliphatic carbocycles. The van der Waals surface area contributed by atoms with Crippen LogP contribution in [0.3, 0.4) is 0 Å². The van der Waals surface area contributed by atoms with Gasteiger partial charge in [-0.05, 0) is 49.7 Å². The molecule has 1 aliphatic heterocycles. The van der Waals surface area contributed by atoms with Crippen molar-refractivity contribution in [1.29, 1.82) is 0 Å². The average molecular weight is 440 g/mol. The molecule has 7 heteroatoms. The van der Waals surface area contributed by atoms with Crippen molar-refractivity contribution in [2.75, 3.05) is 12.9 Å². The fourth-order valence-corrected chi connectivity index (χ4v) is 4.82. The van der Waals surface area contributed by atoms with Crippen LogP contribution in [0.25, 0.3) is 0 Å². The maximum Gasteiger partial charge on any atom is 0.230 e. The van der Waals surface area contributed by atoms with Gasteiger partial charge in [0.25, 0.3) is 0 Å². The molecule has 0 spiro atoms. The molecule has 0 fully saturated rings. The van der Waals surface area contributed by atoms with Crippen molar-refractivity contribution in [2.24, 2.45) is 0 Å². The highest BCUT2D eigenvalue weighted by Gasteiger charge is 2.34. The Bertz CT molecular complexity index is 852. The molecule has 1 aliphatic rings. The summed E-state index contributed by atoms with van der Waals surface area (Å²) in [6.07, 6.45) is 0.680. The van der Waals surface area contributed by atoms with Crippen molar-refractivity contribution < 1.29 is 14.3 Å². The Morgan fingerprint density at radius 2 is 2.00 bits per heavy atom. The zero-order valence-corrected chi connectivity index (χ0v) is 18.4. The van der Waals surface area contributed by atoms with Crippen molar-refractivity contribution in [3.8, 4) is 11.5 Å². The Morgan fingerprint density at radius 3 is 2.68 bits per heavy atom. The van der Waals surface area contributed by atoms with Crippen molar-refractivity contribution >= 4 is 40.9 Å². The summed E-state index contributed by atoms with van der Waals surface area (Å²) in [6, 6.07) is 11.0. The summed E-state index contributed by atoms with van der Waals surface area (Å²) in [7, 11) is 1.62. The lowest BCUT2D eigenvalue weighted by Crippen LogP contribution is -2.41. The number of carbonyl (C=O) groups is 1. The second-order valence-electron chi connectivity index (χ2n) is 7.28. The van der Waals surface area contributed by atoms with Crippen LogP contribution in [0.15, 0.2) is 36.4 Å². The highest BCUT2D eigenvalue weighted by Crippen LogP contribution is 2.41. The number of hydrogen-bond donors (Lipinski definition) is 1. The lowest BCUT2D eigenvalue weighted by atomic mass is 9.89. The van der Waals surface area contributed by atoms with Crippen LogP contribution in [0.1, 0.15) is 37.4 Å². The normalized spacial score (nSPS) is 17.4. The van der Waals surface area contributed by atoms with Crippen molar-refractivity contribution in [3.63, 3.8) is 0 Å². The molecular formula is C21H23Cl2NO3S. The van der Waals surface area contributed by atoms with E-state index in [-0.39, 0.29) is 17.6 Å². The van der Waals surface area contributed by atoms with Gasteiger partial charge in [-0.3, -0.25) is 4.79 Å². The number of methoxy groups -OCH3 is 1. The largest absolute Gasteiger partial charge is 0.497 e. The highest BCUT2D eigenvalue weighted by molar-refractivity contribution is 7.99. The molecule has 1 N–H and O–H groups in total. The number of fused-ring (bicyclic) bond motifs is 1. The molecule has 4 nitrogen and oxygen atoms in total. The Hall–Kier alpha value is -1.56. The number of benzene rings is 2. The van der Waals surface area contributed by atoms with Gasteiger partial charge < -0.3 is 14.8 Å². The number of rotatable bonds is 6. The number of hydrogen-bond acceptors (Lipinski definition) is 4. The summed E-state index contributed by atoms with van der Waals surface area (Å²) in [6.45, 7) is 4.04. The van der Waals surface area contributed by atoms with E-state index < -0.39 is 0 Å². The third-order valence-corrected chi connectivity index (χ3v) is 6.22. The molecule has 3 rings (SSSR count). The summed E-state index contributed by atoms with van der Waals surface area (Å²) in [5.41, 5.74) is 1.43. The number of carbonyl (C=O) groups excluding carboxylic acids is 1. The molecule has 1 heterocycles. The zero-order valence-electron chi connectivity index (χ0n) is 16.1. The van der Waals surface area contributed by atoms with Crippen LogP contribution >= 0.6 is 35.0 Å². The SMILES string of the molecule is COc1ccc2c(c1)C(NC(=O)CSCc1c(Cl)cccc1Cl)CC(C)(C)O2. The van der Waals surface area contributed by atoms with Crippen LogP contribution in [-0.2, 0) is 10.5 Å². The van der Waals surface area contributed by atoms with Gasteiger partial charge >= 0.3 is 0 Å². The fourth-order valence-electron chi connectivity index (χ4n) is 3.24. The van der Waals surface area contributed by atoms with Crippen LogP contribution in [0.2, 0.25) is 10.0 Å². The summed E-state index contributed by atoms with van der Waals surface area (Å²) < 4.78 is 11.4. The first-order valence-corrected chi connectivity index (χ1v) is 10.9. The van der Waals surface area contributed by atoms with Crippen molar-refractivity contribution in [1.82, 2.24) is 5.32 Å². The van der Waals surface area contributed by atoms with E-state index in [9.17, 15) is 4.79 Å². The van der Waals surface area contributed by atoms with E-state index >= 15 is 0 Å². The van der Waals surface area contributed by atoms with Gasteiger partial charge in [-0.2, -0.15) is 0 Å². The molecule has 1 amide bonds. The fraction of sp³-hybridized carbons (Fsp3) is 0.381. The predicted molar refractivity (Wildman–Crippen MR) is 116 cm³/mol. The number of amides is 1. The van der Waals surface area contributed by atoms with Crippen LogP contribution in [0.4, 0.5) is 0 Å². The van der Waals surface area contributed by atoms with Crippen molar-refractivity contribution in [3.05, 3.63) is 57.6 Å². The Labute approximate surface area is 179 Å². The summed E-state index contributed by atoms with van der Waals surface area (Å²) in [5.74, 6) is 2.38. The average Bonchev–Trinajstić information content (AvgIpc) is 2.63. The third kappa shape index (κ3) is 5.07. The van der Waals surface area contributed by atoms with E-state index in [4.69, 9.17) is 32.7 Å². The molecule has 0 aromatic heterocycles. The minimum atomic E-state index is -0.363. The molecule has 0 saturated heterocycles. The minimum absolute atomic E-state index is 0.0374. The molecule has 150 valence electrons. The smallest absolute Gasteiger partial charge is 0.230 e. The monoisotopic (exact) mass is 439 g/mol. The van der Waals surface area contributed by atoms with E-state index in [1.165, 1.54) is 11.8 Å². The molecule has 0 saturated carbocycles. The van der Waals surface area contributed by atoms with Crippen molar-refractivity contribution in [2.45, 2.75) is 37.7 Å². The number of nitrogens with one attached hydrogen (secondary N) is 1. The van der Waals surface area contributed by atoms with Crippen LogP contribution in [0, 0.1) is 0 Å². The van der Waals surface area contributed by atoms with Crippen LogP contribution < -0.4 is 14.8 Å². The third-order valence-electron chi connectivity index (χ3n) is 4.55. The summed E-state index contributed by atoms with van der Waals surface area (Å²) >= 11 is 13.9. The van der Waals surface area contributed by atoms with Gasteiger partial charge in [-0.25, -0.2) is 0 Å². The second-order valence-corrected chi connectivity index (χ2v) is 9.08. The van der Waals surface area contributed by atoms with Gasteiger partial charge in [0.2, 0.25) is 5.91 Å². The topological polar surface area (TPSA) is 47.6 Å². The Balaban J connectivity index is 1.65. The first kappa shape index (κ1) is 21.2. The molecule has 2 aromatic rings. The first-order chi connectivity index (χ1) is 13.3. The lowest BCUT2D eigenvalue weighted by Gasteiger charge is -2.38. The number of thioether (sulfide) groups is 1. The van der Waals surface area contributed by atoms with Gasteiger partial charge in [-0.1, -0.05) is 29.3 Å². The van der Waals surface area contributed by atoms with Gasteiger partial charge in [0.1, 0.15) is 17.1 Å². The van der Waals surface area contributed by atoms with Gasteiger partial charge in [0.05, 0.1) is 18.9 Å². The highest BCUT2D eigenvalue weighted by atomic mass is 35.5. The van der Waals surface area contributed by atoms with Gasteiger partial charge in [0, 0.05) is 27.8 Å². The molecule has 0 radical (unpaired) electrons. The molecule has 0 bridgehead atoms.